The molecule has 8 nitrogen and oxygen atoms in total. The summed E-state index contributed by atoms with van der Waals surface area (Å²) in [6, 6.07) is 11.1. The molecule has 0 bridgehead atoms. The monoisotopic (exact) mass is 365 g/mol. The Morgan fingerprint density at radius 2 is 2.07 bits per heavy atom. The molecule has 0 unspecified atom stereocenters. The first-order chi connectivity index (χ1) is 12.7. The first-order valence-electron chi connectivity index (χ1n) is 8.07. The van der Waals surface area contributed by atoms with Gasteiger partial charge in [0.1, 0.15) is 11.6 Å². The smallest absolute Gasteiger partial charge is 0.339 e. The van der Waals surface area contributed by atoms with Gasteiger partial charge >= 0.3 is 5.97 Å². The van der Waals surface area contributed by atoms with Gasteiger partial charge < -0.3 is 10.1 Å². The van der Waals surface area contributed by atoms with Crippen molar-refractivity contribution in [2.75, 3.05) is 5.32 Å². The topological polar surface area (TPSA) is 122 Å². The predicted molar refractivity (Wildman–Crippen MR) is 95.1 cm³/mol. The molecule has 0 fully saturated rings. The fourth-order valence-electron chi connectivity index (χ4n) is 2.98. The molecule has 1 aliphatic heterocycles. The summed E-state index contributed by atoms with van der Waals surface area (Å²) in [5, 5.41) is 22.8. The number of hydrogen-bond acceptors (Lipinski definition) is 6. The molecular formula is C19H15N3O5. The molecule has 0 radical (unpaired) electrons. The lowest BCUT2D eigenvalue weighted by Gasteiger charge is -2.33. The van der Waals surface area contributed by atoms with Crippen molar-refractivity contribution >= 4 is 23.3 Å². The number of esters is 1. The average molecular weight is 365 g/mol. The summed E-state index contributed by atoms with van der Waals surface area (Å²) in [6.07, 6.45) is 0.192. The van der Waals surface area contributed by atoms with Gasteiger partial charge in [0, 0.05) is 18.2 Å². The Morgan fingerprint density at radius 3 is 2.74 bits per heavy atom. The highest BCUT2D eigenvalue weighted by molar-refractivity contribution is 6.03. The van der Waals surface area contributed by atoms with Crippen molar-refractivity contribution in [1.29, 1.82) is 5.26 Å². The minimum atomic E-state index is -1.44. The molecule has 2 aromatic carbocycles. The third-order valence-electron chi connectivity index (χ3n) is 4.47. The maximum atomic E-state index is 12.8. The molecule has 27 heavy (non-hydrogen) atoms. The van der Waals surface area contributed by atoms with E-state index >= 15 is 0 Å². The summed E-state index contributed by atoms with van der Waals surface area (Å²) in [6.45, 7) is 3.08. The number of rotatable bonds is 3. The van der Waals surface area contributed by atoms with Gasteiger partial charge in [0.25, 0.3) is 11.6 Å². The summed E-state index contributed by atoms with van der Waals surface area (Å²) >= 11 is 0. The van der Waals surface area contributed by atoms with Crippen LogP contribution < -0.4 is 5.32 Å². The molecule has 1 heterocycles. The number of nitriles is 1. The summed E-state index contributed by atoms with van der Waals surface area (Å²) in [4.78, 5) is 35.4. The van der Waals surface area contributed by atoms with Gasteiger partial charge in [0.05, 0.1) is 10.5 Å². The van der Waals surface area contributed by atoms with Crippen LogP contribution in [0.1, 0.15) is 34.0 Å². The minimum Gasteiger partial charge on any atom is -0.445 e. The van der Waals surface area contributed by atoms with E-state index < -0.39 is 22.4 Å². The number of hydrogen-bond donors (Lipinski definition) is 1. The van der Waals surface area contributed by atoms with Crippen LogP contribution in [0.2, 0.25) is 0 Å². The number of nitrogens with zero attached hydrogens (tertiary/aromatic N) is 2. The summed E-state index contributed by atoms with van der Waals surface area (Å²) in [5.74, 6) is -1.17. The van der Waals surface area contributed by atoms with Crippen molar-refractivity contribution in [1.82, 2.24) is 0 Å². The molecule has 0 saturated carbocycles. The Bertz CT molecular complexity index is 1020. The van der Waals surface area contributed by atoms with Crippen molar-refractivity contribution in [2.24, 2.45) is 0 Å². The van der Waals surface area contributed by atoms with Crippen LogP contribution in [-0.2, 0) is 16.0 Å². The molecule has 0 aliphatic carbocycles. The second-order valence-corrected chi connectivity index (χ2v) is 6.46. The SMILES string of the molecule is Cc1cc([N+](=O)[O-])c(C#N)cc1NC(=O)[C@@]1(C)Cc2ccccc2C(=O)O1. The van der Waals surface area contributed by atoms with Crippen LogP contribution in [-0.4, -0.2) is 22.4 Å². The number of fused-ring (bicyclic) bond motifs is 1. The van der Waals surface area contributed by atoms with Gasteiger partial charge in [0.2, 0.25) is 0 Å². The normalized spacial score (nSPS) is 18.0. The van der Waals surface area contributed by atoms with Crippen molar-refractivity contribution in [3.8, 4) is 6.07 Å². The largest absolute Gasteiger partial charge is 0.445 e. The van der Waals surface area contributed by atoms with E-state index in [0.29, 0.717) is 16.7 Å². The van der Waals surface area contributed by atoms with Crippen molar-refractivity contribution in [3.63, 3.8) is 0 Å². The van der Waals surface area contributed by atoms with Gasteiger partial charge in [-0.25, -0.2) is 4.79 Å². The fraction of sp³-hybridized carbons (Fsp3) is 0.211. The molecule has 3 rings (SSSR count). The minimum absolute atomic E-state index is 0.169. The Morgan fingerprint density at radius 1 is 1.37 bits per heavy atom. The summed E-state index contributed by atoms with van der Waals surface area (Å²) < 4.78 is 5.37. The highest BCUT2D eigenvalue weighted by Crippen LogP contribution is 2.31. The number of anilines is 1. The molecule has 136 valence electrons. The van der Waals surface area contributed by atoms with Gasteiger partial charge in [-0.05, 0) is 37.1 Å². The van der Waals surface area contributed by atoms with Crippen molar-refractivity contribution in [3.05, 3.63) is 68.8 Å². The van der Waals surface area contributed by atoms with Crippen molar-refractivity contribution in [2.45, 2.75) is 25.9 Å². The number of amides is 1. The maximum Gasteiger partial charge on any atom is 0.339 e. The molecule has 0 saturated heterocycles. The number of carbonyl (C=O) groups excluding carboxylic acids is 2. The van der Waals surface area contributed by atoms with Crippen LogP contribution in [0, 0.1) is 28.4 Å². The number of nitro benzene ring substituents is 1. The number of benzene rings is 2. The molecule has 0 spiro atoms. The second-order valence-electron chi connectivity index (χ2n) is 6.46. The lowest BCUT2D eigenvalue weighted by molar-refractivity contribution is -0.385. The van der Waals surface area contributed by atoms with Crippen LogP contribution in [0.3, 0.4) is 0 Å². The number of nitrogens with one attached hydrogen (secondary N) is 1. The quantitative estimate of drug-likeness (QED) is 0.507. The highest BCUT2D eigenvalue weighted by Gasteiger charge is 2.42. The molecular weight excluding hydrogens is 350 g/mol. The van der Waals surface area contributed by atoms with E-state index in [1.165, 1.54) is 19.1 Å². The van der Waals surface area contributed by atoms with E-state index in [9.17, 15) is 19.7 Å². The molecule has 1 aliphatic rings. The molecule has 0 aromatic heterocycles. The molecule has 1 atom stereocenters. The Kier molecular flexibility index (Phi) is 4.37. The number of aryl methyl sites for hydroxylation is 1. The van der Waals surface area contributed by atoms with E-state index in [4.69, 9.17) is 10.00 Å². The van der Waals surface area contributed by atoms with E-state index in [1.807, 2.05) is 0 Å². The van der Waals surface area contributed by atoms with Gasteiger partial charge in [-0.2, -0.15) is 5.26 Å². The van der Waals surface area contributed by atoms with Gasteiger partial charge in [0.15, 0.2) is 5.60 Å². The predicted octanol–water partition coefficient (Wildman–Crippen LogP) is 2.89. The molecule has 8 heteroatoms. The van der Waals surface area contributed by atoms with Crippen molar-refractivity contribution < 1.29 is 19.2 Å². The summed E-state index contributed by atoms with van der Waals surface area (Å²) in [7, 11) is 0. The Hall–Kier alpha value is -3.73. The van der Waals surface area contributed by atoms with Gasteiger partial charge in [-0.1, -0.05) is 18.2 Å². The van der Waals surface area contributed by atoms with Crippen LogP contribution in [0.25, 0.3) is 0 Å². The number of cyclic esters (lactones) is 1. The number of nitro groups is 1. The van der Waals surface area contributed by atoms with E-state index in [1.54, 1.807) is 37.3 Å². The third-order valence-corrected chi connectivity index (χ3v) is 4.47. The maximum absolute atomic E-state index is 12.8. The van der Waals surface area contributed by atoms with Gasteiger partial charge in [-0.15, -0.1) is 0 Å². The second kappa shape index (κ2) is 6.53. The van der Waals surface area contributed by atoms with Gasteiger partial charge in [-0.3, -0.25) is 14.9 Å². The lowest BCUT2D eigenvalue weighted by Crippen LogP contribution is -2.49. The molecule has 1 amide bonds. The van der Waals surface area contributed by atoms with E-state index in [0.717, 1.165) is 0 Å². The first-order valence-corrected chi connectivity index (χ1v) is 8.07. The molecule has 1 N–H and O–H groups in total. The number of carbonyl (C=O) groups is 2. The van der Waals surface area contributed by atoms with Crippen LogP contribution in [0.4, 0.5) is 11.4 Å². The Labute approximate surface area is 154 Å². The zero-order valence-electron chi connectivity index (χ0n) is 14.6. The number of ether oxygens (including phenoxy) is 1. The van der Waals surface area contributed by atoms with Crippen LogP contribution >= 0.6 is 0 Å². The zero-order valence-corrected chi connectivity index (χ0v) is 14.6. The fourth-order valence-corrected chi connectivity index (χ4v) is 2.98. The third kappa shape index (κ3) is 3.22. The first kappa shape index (κ1) is 18.1. The summed E-state index contributed by atoms with van der Waals surface area (Å²) in [5.41, 5.74) is -0.162. The molecule has 2 aromatic rings. The van der Waals surface area contributed by atoms with E-state index in [-0.39, 0.29) is 23.4 Å². The van der Waals surface area contributed by atoms with E-state index in [2.05, 4.69) is 5.32 Å². The lowest BCUT2D eigenvalue weighted by atomic mass is 9.89. The standard InChI is InChI=1S/C19H15N3O5/c1-11-7-16(22(25)26)13(10-20)8-15(11)21-18(24)19(2)9-12-5-3-4-6-14(12)17(23)27-19/h3-8H,9H2,1-2H3,(H,21,24)/t19-/m1/s1. The van der Waals surface area contributed by atoms with Crippen LogP contribution in [0.5, 0.6) is 0 Å². The highest BCUT2D eigenvalue weighted by atomic mass is 16.6. The van der Waals surface area contributed by atoms with Crippen LogP contribution in [0.15, 0.2) is 36.4 Å². The average Bonchev–Trinajstić information content (AvgIpc) is 2.62. The Balaban J connectivity index is 1.91. The zero-order chi connectivity index (χ0) is 19.8.